The van der Waals surface area contributed by atoms with Crippen LogP contribution < -0.4 is 10.2 Å². The van der Waals surface area contributed by atoms with Gasteiger partial charge in [0.1, 0.15) is 5.82 Å². The van der Waals surface area contributed by atoms with Crippen LogP contribution in [0, 0.1) is 5.41 Å². The summed E-state index contributed by atoms with van der Waals surface area (Å²) >= 11 is 3.56. The third kappa shape index (κ3) is 4.48. The normalized spacial score (nSPS) is 20.7. The summed E-state index contributed by atoms with van der Waals surface area (Å²) in [6.07, 6.45) is 9.22. The number of nitrogens with zero attached hydrogens (tertiary/aromatic N) is 2. The van der Waals surface area contributed by atoms with Crippen molar-refractivity contribution < 1.29 is 18.0 Å². The second-order valence-corrected chi connectivity index (χ2v) is 11.0. The number of carbonyl (C=O) groups is 1. The lowest BCUT2D eigenvalue weighted by Crippen LogP contribution is -2.39. The highest BCUT2D eigenvalue weighted by Crippen LogP contribution is 2.56. The van der Waals surface area contributed by atoms with Crippen LogP contribution in [-0.4, -0.2) is 29.9 Å². The number of rotatable bonds is 4. The van der Waals surface area contributed by atoms with Crippen molar-refractivity contribution in [3.05, 3.63) is 58.3 Å². The van der Waals surface area contributed by atoms with Crippen molar-refractivity contribution in [3.63, 3.8) is 0 Å². The maximum absolute atomic E-state index is 13.7. The van der Waals surface area contributed by atoms with Crippen molar-refractivity contribution >= 4 is 50.0 Å². The number of nitrogens with one attached hydrogen (secondary N) is 1. The molecule has 2 aromatic heterocycles. The molecule has 1 aromatic carbocycles. The lowest BCUT2D eigenvalue weighted by atomic mass is 9.83. The van der Waals surface area contributed by atoms with Crippen LogP contribution in [0.15, 0.2) is 51.6 Å². The topological polar surface area (TPSA) is 58.4 Å². The van der Waals surface area contributed by atoms with Gasteiger partial charge in [0, 0.05) is 41.4 Å². The van der Waals surface area contributed by atoms with Crippen molar-refractivity contribution in [2.24, 2.45) is 5.41 Å². The molecule has 3 aromatic rings. The van der Waals surface area contributed by atoms with Crippen molar-refractivity contribution in [2.45, 2.75) is 50.9 Å². The molecular weight excluding hydrogens is 516 g/mol. The molecule has 1 amide bonds. The van der Waals surface area contributed by atoms with Gasteiger partial charge in [0.15, 0.2) is 11.4 Å². The molecule has 0 bridgehead atoms. The van der Waals surface area contributed by atoms with E-state index in [0.717, 1.165) is 28.3 Å². The number of hydrogen-bond acceptors (Lipinski definition) is 4. The Hall–Kier alpha value is -2.74. The lowest BCUT2D eigenvalue weighted by Gasteiger charge is -2.32. The molecule has 1 saturated heterocycles. The van der Waals surface area contributed by atoms with Crippen LogP contribution >= 0.6 is 15.9 Å². The number of hydrogen-bond donors (Lipinski definition) is 1. The highest BCUT2D eigenvalue weighted by molar-refractivity contribution is 9.10. The predicted octanol–water partition coefficient (Wildman–Crippen LogP) is 7.43. The predicted molar refractivity (Wildman–Crippen MR) is 136 cm³/mol. The molecule has 8 heteroatoms. The van der Waals surface area contributed by atoms with E-state index in [0.29, 0.717) is 28.2 Å². The van der Waals surface area contributed by atoms with E-state index >= 15 is 0 Å². The van der Waals surface area contributed by atoms with Crippen LogP contribution in [0.1, 0.15) is 60.9 Å². The standard InChI is InChI=1S/C27H26BrF2N3O2/c28-19-1-2-20(21(16-19)17-3-6-26(7-4-17)8-9-26)25(34)32-22-15-18-5-14-35-23(18)24(31-22)33-12-10-27(29,30)11-13-33/h1-3,5,14-16H,4,6-13H2,(H,31,32,34). The Bertz CT molecular complexity index is 1340. The molecule has 3 aliphatic rings. The summed E-state index contributed by atoms with van der Waals surface area (Å²) in [4.78, 5) is 19.9. The molecule has 0 unspecified atom stereocenters. The maximum atomic E-state index is 13.7. The van der Waals surface area contributed by atoms with Gasteiger partial charge in [0.05, 0.1) is 6.26 Å². The Morgan fingerprint density at radius 3 is 2.60 bits per heavy atom. The van der Waals surface area contributed by atoms with Crippen LogP contribution in [-0.2, 0) is 0 Å². The average molecular weight is 542 g/mol. The van der Waals surface area contributed by atoms with Crippen molar-refractivity contribution in [2.75, 3.05) is 23.3 Å². The Kier molecular flexibility index (Phi) is 5.47. The van der Waals surface area contributed by atoms with E-state index in [1.165, 1.54) is 24.8 Å². The van der Waals surface area contributed by atoms with Crippen LogP contribution in [0.3, 0.4) is 0 Å². The summed E-state index contributed by atoms with van der Waals surface area (Å²) in [6.45, 7) is 0.361. The first kappa shape index (κ1) is 22.7. The number of amides is 1. The van der Waals surface area contributed by atoms with Gasteiger partial charge >= 0.3 is 0 Å². The van der Waals surface area contributed by atoms with Crippen LogP contribution in [0.25, 0.3) is 16.5 Å². The molecule has 3 heterocycles. The lowest BCUT2D eigenvalue weighted by molar-refractivity contribution is -0.0221. The largest absolute Gasteiger partial charge is 0.460 e. The molecule has 0 radical (unpaired) electrons. The number of furan rings is 1. The van der Waals surface area contributed by atoms with E-state index in [9.17, 15) is 13.6 Å². The van der Waals surface area contributed by atoms with Crippen molar-refractivity contribution in [1.82, 2.24) is 4.98 Å². The quantitative estimate of drug-likeness (QED) is 0.373. The molecule has 1 aliphatic heterocycles. The molecular formula is C27H26BrF2N3O2. The summed E-state index contributed by atoms with van der Waals surface area (Å²) in [5.74, 6) is -2.04. The van der Waals surface area contributed by atoms with Gasteiger partial charge in [-0.25, -0.2) is 13.8 Å². The second-order valence-electron chi connectivity index (χ2n) is 10.1. The van der Waals surface area contributed by atoms with E-state index in [-0.39, 0.29) is 31.8 Å². The Morgan fingerprint density at radius 2 is 1.89 bits per heavy atom. The molecule has 2 fully saturated rings. The summed E-state index contributed by atoms with van der Waals surface area (Å²) in [6, 6.07) is 9.27. The first-order chi connectivity index (χ1) is 16.8. The monoisotopic (exact) mass is 541 g/mol. The average Bonchev–Trinajstić information content (AvgIpc) is 3.41. The van der Waals surface area contributed by atoms with Gasteiger partial charge in [0.2, 0.25) is 0 Å². The number of alkyl halides is 2. The van der Waals surface area contributed by atoms with Gasteiger partial charge in [-0.3, -0.25) is 4.79 Å². The minimum atomic E-state index is -2.66. The van der Waals surface area contributed by atoms with Gasteiger partial charge < -0.3 is 14.6 Å². The molecule has 6 rings (SSSR count). The zero-order valence-corrected chi connectivity index (χ0v) is 20.8. The highest BCUT2D eigenvalue weighted by atomic mass is 79.9. The van der Waals surface area contributed by atoms with E-state index in [1.807, 2.05) is 23.1 Å². The zero-order chi connectivity index (χ0) is 24.2. The highest BCUT2D eigenvalue weighted by Gasteiger charge is 2.43. The minimum absolute atomic E-state index is 0.180. The SMILES string of the molecule is O=C(Nc1cc2ccoc2c(N2CCC(F)(F)CC2)n1)c1ccc(Br)cc1C1=CCC2(CC1)CC2. The molecule has 2 aliphatic carbocycles. The number of pyridine rings is 1. The van der Waals surface area contributed by atoms with Crippen LogP contribution in [0.4, 0.5) is 20.4 Å². The minimum Gasteiger partial charge on any atom is -0.460 e. The first-order valence-corrected chi connectivity index (χ1v) is 12.9. The van der Waals surface area contributed by atoms with Crippen LogP contribution in [0.2, 0.25) is 0 Å². The van der Waals surface area contributed by atoms with E-state index in [1.54, 1.807) is 18.4 Å². The Balaban J connectivity index is 1.29. The molecule has 182 valence electrons. The summed E-state index contributed by atoms with van der Waals surface area (Å²) < 4.78 is 34.0. The molecule has 35 heavy (non-hydrogen) atoms. The van der Waals surface area contributed by atoms with Crippen molar-refractivity contribution in [3.8, 4) is 0 Å². The Morgan fingerprint density at radius 1 is 1.09 bits per heavy atom. The number of allylic oxidation sites excluding steroid dienone is 2. The summed E-state index contributed by atoms with van der Waals surface area (Å²) in [5, 5.41) is 3.72. The molecule has 1 N–H and O–H groups in total. The maximum Gasteiger partial charge on any atom is 0.257 e. The second kappa shape index (κ2) is 8.43. The summed E-state index contributed by atoms with van der Waals surface area (Å²) in [5.41, 5.74) is 3.80. The fraction of sp³-hybridized carbons (Fsp3) is 0.407. The zero-order valence-electron chi connectivity index (χ0n) is 19.3. The fourth-order valence-corrected chi connectivity index (χ4v) is 5.63. The van der Waals surface area contributed by atoms with E-state index in [2.05, 4.69) is 32.3 Å². The Labute approximate surface area is 210 Å². The van der Waals surface area contributed by atoms with Gasteiger partial charge in [-0.1, -0.05) is 22.0 Å². The van der Waals surface area contributed by atoms with Crippen molar-refractivity contribution in [1.29, 1.82) is 0 Å². The third-order valence-corrected chi connectivity index (χ3v) is 8.18. The first-order valence-electron chi connectivity index (χ1n) is 12.1. The van der Waals surface area contributed by atoms with E-state index in [4.69, 9.17) is 4.42 Å². The number of carbonyl (C=O) groups excluding carboxylic acids is 1. The van der Waals surface area contributed by atoms with Gasteiger partial charge in [-0.15, -0.1) is 0 Å². The number of aromatic nitrogens is 1. The molecule has 1 spiro atoms. The third-order valence-electron chi connectivity index (χ3n) is 7.69. The van der Waals surface area contributed by atoms with Gasteiger partial charge in [-0.05, 0) is 79.0 Å². The number of benzene rings is 1. The molecule has 1 saturated carbocycles. The molecule has 0 atom stereocenters. The van der Waals surface area contributed by atoms with E-state index < -0.39 is 5.92 Å². The van der Waals surface area contributed by atoms with Gasteiger partial charge in [-0.2, -0.15) is 0 Å². The number of fused-ring (bicyclic) bond motifs is 1. The smallest absolute Gasteiger partial charge is 0.257 e. The number of anilines is 2. The number of halogens is 3. The fourth-order valence-electron chi connectivity index (χ4n) is 5.27. The number of piperidine rings is 1. The molecule has 5 nitrogen and oxygen atoms in total. The van der Waals surface area contributed by atoms with Gasteiger partial charge in [0.25, 0.3) is 11.8 Å². The van der Waals surface area contributed by atoms with Crippen LogP contribution in [0.5, 0.6) is 0 Å². The summed E-state index contributed by atoms with van der Waals surface area (Å²) in [7, 11) is 0.